The van der Waals surface area contributed by atoms with Crippen molar-refractivity contribution in [1.82, 2.24) is 20.0 Å². The van der Waals surface area contributed by atoms with Crippen LogP contribution in [0.15, 0.2) is 6.07 Å². The second-order valence-corrected chi connectivity index (χ2v) is 5.35. The first-order valence-electron chi connectivity index (χ1n) is 6.90. The molecule has 104 valence electrons. The molecule has 0 saturated heterocycles. The summed E-state index contributed by atoms with van der Waals surface area (Å²) >= 11 is 0. The first-order valence-corrected chi connectivity index (χ1v) is 6.90. The maximum Gasteiger partial charge on any atom is 0.0596 e. The van der Waals surface area contributed by atoms with E-state index in [-0.39, 0.29) is 0 Å². The van der Waals surface area contributed by atoms with Crippen LogP contribution < -0.4 is 5.32 Å². The van der Waals surface area contributed by atoms with Crippen molar-refractivity contribution in [2.45, 2.75) is 39.2 Å². The van der Waals surface area contributed by atoms with Crippen molar-refractivity contribution in [3.05, 3.63) is 17.5 Å². The maximum absolute atomic E-state index is 4.42. The highest BCUT2D eigenvalue weighted by atomic mass is 15.3. The monoisotopic (exact) mass is 252 g/mol. The van der Waals surface area contributed by atoms with E-state index in [4.69, 9.17) is 0 Å². The molecule has 0 aliphatic heterocycles. The first-order chi connectivity index (χ1) is 8.52. The average molecular weight is 252 g/mol. The van der Waals surface area contributed by atoms with Gasteiger partial charge in [0.2, 0.25) is 0 Å². The second-order valence-electron chi connectivity index (χ2n) is 5.35. The van der Waals surface area contributed by atoms with E-state index >= 15 is 0 Å². The van der Waals surface area contributed by atoms with Gasteiger partial charge < -0.3 is 10.2 Å². The van der Waals surface area contributed by atoms with Crippen LogP contribution in [-0.4, -0.2) is 47.9 Å². The van der Waals surface area contributed by atoms with E-state index in [1.807, 2.05) is 11.7 Å². The van der Waals surface area contributed by atoms with Crippen LogP contribution >= 0.6 is 0 Å². The van der Waals surface area contributed by atoms with Gasteiger partial charge in [-0.15, -0.1) is 0 Å². The van der Waals surface area contributed by atoms with E-state index in [2.05, 4.69) is 49.3 Å². The fourth-order valence-electron chi connectivity index (χ4n) is 2.15. The van der Waals surface area contributed by atoms with Gasteiger partial charge in [0.15, 0.2) is 0 Å². The zero-order valence-electron chi connectivity index (χ0n) is 12.5. The number of nitrogens with one attached hydrogen (secondary N) is 1. The smallest absolute Gasteiger partial charge is 0.0596 e. The largest absolute Gasteiger partial charge is 0.314 e. The van der Waals surface area contributed by atoms with Crippen LogP contribution in [0.1, 0.15) is 31.2 Å². The first kappa shape index (κ1) is 15.2. The fraction of sp³-hybridized carbons (Fsp3) is 0.786. The van der Waals surface area contributed by atoms with Gasteiger partial charge in [-0.05, 0) is 53.0 Å². The van der Waals surface area contributed by atoms with E-state index in [1.165, 1.54) is 18.5 Å². The highest BCUT2D eigenvalue weighted by Crippen LogP contribution is 2.08. The van der Waals surface area contributed by atoms with Crippen LogP contribution in [0, 0.1) is 6.92 Å². The number of rotatable bonds is 8. The van der Waals surface area contributed by atoms with Crippen LogP contribution in [0.4, 0.5) is 0 Å². The summed E-state index contributed by atoms with van der Waals surface area (Å²) in [6, 6.07) is 2.73. The van der Waals surface area contributed by atoms with Gasteiger partial charge in [-0.25, -0.2) is 0 Å². The van der Waals surface area contributed by atoms with Crippen LogP contribution in [0.2, 0.25) is 0 Å². The van der Waals surface area contributed by atoms with Crippen LogP contribution in [0.3, 0.4) is 0 Å². The minimum absolute atomic E-state index is 0.544. The summed E-state index contributed by atoms with van der Waals surface area (Å²) in [6.45, 7) is 6.48. The Kier molecular flexibility index (Phi) is 6.36. The summed E-state index contributed by atoms with van der Waals surface area (Å²) in [5.74, 6) is 0. The third-order valence-corrected chi connectivity index (χ3v) is 3.16. The summed E-state index contributed by atoms with van der Waals surface area (Å²) in [5, 5.41) is 8.06. The molecule has 1 aromatic heterocycles. The van der Waals surface area contributed by atoms with Gasteiger partial charge in [-0.3, -0.25) is 4.68 Å². The molecule has 1 unspecified atom stereocenters. The Labute approximate surface area is 111 Å². The lowest BCUT2D eigenvalue weighted by Gasteiger charge is -2.20. The Balaban J connectivity index is 2.56. The molecule has 1 aromatic rings. The molecule has 1 atom stereocenters. The zero-order chi connectivity index (χ0) is 13.5. The summed E-state index contributed by atoms with van der Waals surface area (Å²) in [6.07, 6.45) is 3.42. The molecule has 4 nitrogen and oxygen atoms in total. The van der Waals surface area contributed by atoms with Gasteiger partial charge in [-0.2, -0.15) is 5.10 Å². The summed E-state index contributed by atoms with van der Waals surface area (Å²) < 4.78 is 2.01. The molecule has 0 aromatic carbocycles. The lowest BCUT2D eigenvalue weighted by atomic mass is 10.1. The molecule has 1 heterocycles. The van der Waals surface area contributed by atoms with Crippen molar-refractivity contribution < 1.29 is 0 Å². The van der Waals surface area contributed by atoms with Gasteiger partial charge in [0, 0.05) is 25.2 Å². The molecule has 0 amide bonds. The van der Waals surface area contributed by atoms with Crippen molar-refractivity contribution in [3.63, 3.8) is 0 Å². The van der Waals surface area contributed by atoms with E-state index in [9.17, 15) is 0 Å². The molecule has 0 aliphatic rings. The quantitative estimate of drug-likeness (QED) is 0.763. The lowest BCUT2D eigenvalue weighted by Crippen LogP contribution is -2.35. The molecule has 0 radical (unpaired) electrons. The standard InChI is InChI=1S/C14H28N4/c1-6-8-15-13(7-9-17(3)4)11-14-10-12(2)16-18(14)5/h10,13,15H,6-9,11H2,1-5H3. The molecule has 0 bridgehead atoms. The molecule has 18 heavy (non-hydrogen) atoms. The number of nitrogens with zero attached hydrogens (tertiary/aromatic N) is 3. The second kappa shape index (κ2) is 7.54. The molecule has 0 spiro atoms. The van der Waals surface area contributed by atoms with Crippen LogP contribution in [0.5, 0.6) is 0 Å². The van der Waals surface area contributed by atoms with Gasteiger partial charge in [-0.1, -0.05) is 6.92 Å². The van der Waals surface area contributed by atoms with Gasteiger partial charge in [0.1, 0.15) is 0 Å². The summed E-state index contributed by atoms with van der Waals surface area (Å²) in [7, 11) is 6.29. The van der Waals surface area contributed by atoms with Crippen LogP contribution in [-0.2, 0) is 13.5 Å². The van der Waals surface area contributed by atoms with Crippen molar-refractivity contribution in [3.8, 4) is 0 Å². The molecule has 0 saturated carbocycles. The Morgan fingerprint density at radius 2 is 2.17 bits per heavy atom. The highest BCUT2D eigenvalue weighted by molar-refractivity contribution is 5.10. The molecular formula is C14H28N4. The third kappa shape index (κ3) is 5.19. The fourth-order valence-corrected chi connectivity index (χ4v) is 2.15. The molecule has 4 heteroatoms. The van der Waals surface area contributed by atoms with Crippen molar-refractivity contribution >= 4 is 0 Å². The Bertz CT molecular complexity index is 344. The predicted molar refractivity (Wildman–Crippen MR) is 76.9 cm³/mol. The minimum Gasteiger partial charge on any atom is -0.314 e. The number of aryl methyl sites for hydroxylation is 2. The Hall–Kier alpha value is -0.870. The van der Waals surface area contributed by atoms with E-state index in [1.54, 1.807) is 0 Å². The third-order valence-electron chi connectivity index (χ3n) is 3.16. The van der Waals surface area contributed by atoms with Crippen molar-refractivity contribution in [2.24, 2.45) is 7.05 Å². The lowest BCUT2D eigenvalue weighted by molar-refractivity contribution is 0.354. The SMILES string of the molecule is CCCNC(CCN(C)C)Cc1cc(C)nn1C. The average Bonchev–Trinajstić information content (AvgIpc) is 2.61. The molecular weight excluding hydrogens is 224 g/mol. The number of hydrogen-bond acceptors (Lipinski definition) is 3. The van der Waals surface area contributed by atoms with E-state index in [0.717, 1.165) is 25.2 Å². The van der Waals surface area contributed by atoms with Crippen LogP contribution in [0.25, 0.3) is 0 Å². The number of hydrogen-bond donors (Lipinski definition) is 1. The van der Waals surface area contributed by atoms with Crippen molar-refractivity contribution in [2.75, 3.05) is 27.2 Å². The highest BCUT2D eigenvalue weighted by Gasteiger charge is 2.12. The van der Waals surface area contributed by atoms with Crippen molar-refractivity contribution in [1.29, 1.82) is 0 Å². The molecule has 1 N–H and O–H groups in total. The molecule has 1 rings (SSSR count). The van der Waals surface area contributed by atoms with Gasteiger partial charge in [0.25, 0.3) is 0 Å². The molecule has 0 aliphatic carbocycles. The Morgan fingerprint density at radius 1 is 1.44 bits per heavy atom. The van der Waals surface area contributed by atoms with Gasteiger partial charge >= 0.3 is 0 Å². The van der Waals surface area contributed by atoms with E-state index < -0.39 is 0 Å². The summed E-state index contributed by atoms with van der Waals surface area (Å²) in [5.41, 5.74) is 2.43. The zero-order valence-corrected chi connectivity index (χ0v) is 12.5. The molecule has 0 fully saturated rings. The minimum atomic E-state index is 0.544. The predicted octanol–water partition coefficient (Wildman–Crippen LogP) is 1.59. The summed E-state index contributed by atoms with van der Waals surface area (Å²) in [4.78, 5) is 2.25. The normalized spacial score (nSPS) is 13.2. The topological polar surface area (TPSA) is 33.1 Å². The number of aromatic nitrogens is 2. The van der Waals surface area contributed by atoms with E-state index in [0.29, 0.717) is 6.04 Å². The Morgan fingerprint density at radius 3 is 2.67 bits per heavy atom. The van der Waals surface area contributed by atoms with Gasteiger partial charge in [0.05, 0.1) is 5.69 Å². The maximum atomic E-state index is 4.42.